The van der Waals surface area contributed by atoms with E-state index in [1.54, 1.807) is 6.20 Å². The van der Waals surface area contributed by atoms with Gasteiger partial charge in [-0.2, -0.15) is 0 Å². The Bertz CT molecular complexity index is 1030. The summed E-state index contributed by atoms with van der Waals surface area (Å²) in [6.45, 7) is 6.55. The van der Waals surface area contributed by atoms with Crippen molar-refractivity contribution in [3.05, 3.63) is 41.3 Å². The van der Waals surface area contributed by atoms with E-state index in [2.05, 4.69) is 32.2 Å². The Morgan fingerprint density at radius 2 is 2.04 bits per heavy atom. The summed E-state index contributed by atoms with van der Waals surface area (Å²) in [6, 6.07) is 5.75. The lowest BCUT2D eigenvalue weighted by molar-refractivity contribution is 0.0951. The van der Waals surface area contributed by atoms with Crippen LogP contribution < -0.4 is 10.1 Å². The number of anilines is 2. The number of Topliss-reactive ketones (excluding diaryl/α,β-unsaturated/α-hetero) is 1. The Hall–Kier alpha value is -3.09. The quantitative estimate of drug-likeness (QED) is 0.757. The molecule has 3 aromatic rings. The first-order valence-corrected chi connectivity index (χ1v) is 9.11. The molecule has 1 N–H and O–H groups in total. The van der Waals surface area contributed by atoms with Crippen LogP contribution in [0.25, 0.3) is 10.9 Å². The van der Waals surface area contributed by atoms with Crippen molar-refractivity contribution < 1.29 is 9.53 Å². The summed E-state index contributed by atoms with van der Waals surface area (Å²) in [5.74, 6) is 2.04. The van der Waals surface area contributed by atoms with Crippen molar-refractivity contribution in [2.24, 2.45) is 5.92 Å². The molecule has 0 bridgehead atoms. The molecular formula is C20H21N5O2. The molecule has 7 heteroatoms. The fourth-order valence-electron chi connectivity index (χ4n) is 3.37. The minimum absolute atomic E-state index is 0.109. The lowest BCUT2D eigenvalue weighted by Gasteiger charge is -2.19. The van der Waals surface area contributed by atoms with E-state index in [0.29, 0.717) is 36.4 Å². The van der Waals surface area contributed by atoms with Crippen LogP contribution in [0.2, 0.25) is 0 Å². The third kappa shape index (κ3) is 3.45. The second-order valence-corrected chi connectivity index (χ2v) is 6.86. The van der Waals surface area contributed by atoms with Crippen molar-refractivity contribution in [2.45, 2.75) is 33.6 Å². The van der Waals surface area contributed by atoms with Gasteiger partial charge in [0.05, 0.1) is 29.1 Å². The van der Waals surface area contributed by atoms with Gasteiger partial charge in [0.15, 0.2) is 5.78 Å². The van der Waals surface area contributed by atoms with Gasteiger partial charge < -0.3 is 4.74 Å². The van der Waals surface area contributed by atoms with E-state index in [-0.39, 0.29) is 5.78 Å². The molecular weight excluding hydrogens is 342 g/mol. The molecule has 27 heavy (non-hydrogen) atoms. The van der Waals surface area contributed by atoms with Crippen molar-refractivity contribution in [1.29, 1.82) is 0 Å². The summed E-state index contributed by atoms with van der Waals surface area (Å²) in [5.41, 5.74) is 3.06. The van der Waals surface area contributed by atoms with E-state index in [9.17, 15) is 4.79 Å². The van der Waals surface area contributed by atoms with Crippen LogP contribution in [0, 0.1) is 12.8 Å². The molecule has 2 aromatic heterocycles. The Balaban J connectivity index is 1.65. The maximum Gasteiger partial charge on any atom is 0.230 e. The van der Waals surface area contributed by atoms with Gasteiger partial charge in [-0.15, -0.1) is 0 Å². The van der Waals surface area contributed by atoms with Crippen molar-refractivity contribution in [3.63, 3.8) is 0 Å². The maximum atomic E-state index is 12.1. The molecule has 0 saturated carbocycles. The molecule has 0 fully saturated rings. The Morgan fingerprint density at radius 1 is 1.19 bits per heavy atom. The van der Waals surface area contributed by atoms with E-state index < -0.39 is 0 Å². The smallest absolute Gasteiger partial charge is 0.230 e. The van der Waals surface area contributed by atoms with Gasteiger partial charge in [-0.3, -0.25) is 10.1 Å². The fraction of sp³-hybridized carbons (Fsp3) is 0.350. The number of aromatic nitrogens is 4. The Morgan fingerprint density at radius 3 is 2.85 bits per heavy atom. The average molecular weight is 363 g/mol. The first-order valence-electron chi connectivity index (χ1n) is 9.11. The molecule has 0 unspecified atom stereocenters. The SMILES string of the molecule is CCOc1ccc2nc(Nc3ncc4c(n3)C[C@H](C)CC4=O)nc(C)c2c1. The van der Waals surface area contributed by atoms with E-state index in [4.69, 9.17) is 4.74 Å². The molecule has 0 saturated heterocycles. The number of rotatable bonds is 4. The van der Waals surface area contributed by atoms with Crippen LogP contribution >= 0.6 is 0 Å². The summed E-state index contributed by atoms with van der Waals surface area (Å²) in [6.07, 6.45) is 2.93. The number of ketones is 1. The van der Waals surface area contributed by atoms with Crippen LogP contribution in [0.1, 0.15) is 42.0 Å². The highest BCUT2D eigenvalue weighted by Gasteiger charge is 2.24. The number of hydrogen-bond acceptors (Lipinski definition) is 7. The largest absolute Gasteiger partial charge is 0.494 e. The van der Waals surface area contributed by atoms with Gasteiger partial charge >= 0.3 is 0 Å². The minimum Gasteiger partial charge on any atom is -0.494 e. The monoisotopic (exact) mass is 363 g/mol. The zero-order valence-electron chi connectivity index (χ0n) is 15.6. The van der Waals surface area contributed by atoms with Gasteiger partial charge in [0.1, 0.15) is 5.75 Å². The van der Waals surface area contributed by atoms with Crippen LogP contribution in [0.4, 0.5) is 11.9 Å². The highest BCUT2D eigenvalue weighted by atomic mass is 16.5. The maximum absolute atomic E-state index is 12.1. The van der Waals surface area contributed by atoms with Crippen LogP contribution in [0.5, 0.6) is 5.75 Å². The predicted molar refractivity (Wildman–Crippen MR) is 103 cm³/mol. The number of nitrogens with zero attached hydrogens (tertiary/aromatic N) is 4. The van der Waals surface area contributed by atoms with Gasteiger partial charge in [0.2, 0.25) is 11.9 Å². The third-order valence-corrected chi connectivity index (χ3v) is 4.64. The number of nitrogens with one attached hydrogen (secondary N) is 1. The molecule has 7 nitrogen and oxygen atoms in total. The highest BCUT2D eigenvalue weighted by Crippen LogP contribution is 2.26. The molecule has 2 heterocycles. The van der Waals surface area contributed by atoms with Gasteiger partial charge in [-0.05, 0) is 44.4 Å². The molecule has 1 atom stereocenters. The normalized spacial score (nSPS) is 16.3. The summed E-state index contributed by atoms with van der Waals surface area (Å²) < 4.78 is 5.55. The molecule has 1 aliphatic carbocycles. The van der Waals surface area contributed by atoms with Crippen molar-refractivity contribution in [2.75, 3.05) is 11.9 Å². The molecule has 1 aliphatic rings. The summed E-state index contributed by atoms with van der Waals surface area (Å²) in [5, 5.41) is 4.01. The third-order valence-electron chi connectivity index (χ3n) is 4.64. The number of fused-ring (bicyclic) bond motifs is 2. The van der Waals surface area contributed by atoms with Crippen molar-refractivity contribution >= 4 is 28.6 Å². The zero-order chi connectivity index (χ0) is 19.0. The average Bonchev–Trinajstić information content (AvgIpc) is 2.62. The van der Waals surface area contributed by atoms with E-state index in [1.807, 2.05) is 32.0 Å². The number of ether oxygens (including phenoxy) is 1. The molecule has 1 aromatic carbocycles. The van der Waals surface area contributed by atoms with Crippen LogP contribution in [-0.2, 0) is 6.42 Å². The number of benzene rings is 1. The number of aryl methyl sites for hydroxylation is 1. The Labute approximate surface area is 157 Å². The van der Waals surface area contributed by atoms with Crippen LogP contribution in [0.15, 0.2) is 24.4 Å². The number of carbonyl (C=O) groups is 1. The molecule has 0 amide bonds. The van der Waals surface area contributed by atoms with Crippen molar-refractivity contribution in [3.8, 4) is 5.75 Å². The van der Waals surface area contributed by atoms with Gasteiger partial charge in [0, 0.05) is 18.0 Å². The standard InChI is InChI=1S/C20H21N5O2/c1-4-27-13-5-6-16-14(9-13)12(3)22-20(23-16)25-19-21-10-15-17(24-19)7-11(2)8-18(15)26/h5-6,9-11H,4,7-8H2,1-3H3,(H,21,22,23,24,25)/t11-/m0/s1. The lowest BCUT2D eigenvalue weighted by atomic mass is 9.88. The highest BCUT2D eigenvalue weighted by molar-refractivity contribution is 5.98. The first kappa shape index (κ1) is 17.3. The van der Waals surface area contributed by atoms with Gasteiger partial charge in [0.25, 0.3) is 0 Å². The molecule has 4 rings (SSSR count). The fourth-order valence-corrected chi connectivity index (χ4v) is 3.37. The predicted octanol–water partition coefficient (Wildman–Crippen LogP) is 3.64. The summed E-state index contributed by atoms with van der Waals surface area (Å²) >= 11 is 0. The molecule has 0 aliphatic heterocycles. The van der Waals surface area contributed by atoms with Crippen LogP contribution in [-0.4, -0.2) is 32.3 Å². The van der Waals surface area contributed by atoms with Gasteiger partial charge in [-0.1, -0.05) is 6.92 Å². The van der Waals surface area contributed by atoms with E-state index in [1.165, 1.54) is 0 Å². The van der Waals surface area contributed by atoms with E-state index >= 15 is 0 Å². The zero-order valence-corrected chi connectivity index (χ0v) is 15.6. The molecule has 0 radical (unpaired) electrons. The second kappa shape index (κ2) is 6.90. The molecule has 138 valence electrons. The summed E-state index contributed by atoms with van der Waals surface area (Å²) in [4.78, 5) is 29.9. The summed E-state index contributed by atoms with van der Waals surface area (Å²) in [7, 11) is 0. The first-order chi connectivity index (χ1) is 13.0. The topological polar surface area (TPSA) is 89.9 Å². The minimum atomic E-state index is 0.109. The van der Waals surface area contributed by atoms with E-state index in [0.717, 1.165) is 34.5 Å². The van der Waals surface area contributed by atoms with Crippen molar-refractivity contribution in [1.82, 2.24) is 19.9 Å². The Kier molecular flexibility index (Phi) is 4.43. The van der Waals surface area contributed by atoms with Crippen LogP contribution in [0.3, 0.4) is 0 Å². The second-order valence-electron chi connectivity index (χ2n) is 6.86. The lowest BCUT2D eigenvalue weighted by Crippen LogP contribution is -2.20. The number of hydrogen-bond donors (Lipinski definition) is 1. The number of carbonyl (C=O) groups excluding carboxylic acids is 1. The molecule has 0 spiro atoms. The van der Waals surface area contributed by atoms with Gasteiger partial charge in [-0.25, -0.2) is 19.9 Å².